The van der Waals surface area contributed by atoms with Crippen LogP contribution >= 0.6 is 0 Å². The van der Waals surface area contributed by atoms with Gasteiger partial charge in [-0.2, -0.15) is 0 Å². The van der Waals surface area contributed by atoms with Crippen LogP contribution in [0.5, 0.6) is 0 Å². The van der Waals surface area contributed by atoms with Gasteiger partial charge in [0.15, 0.2) is 6.61 Å². The summed E-state index contributed by atoms with van der Waals surface area (Å²) in [5, 5.41) is 8.19. The van der Waals surface area contributed by atoms with Crippen molar-refractivity contribution in [2.45, 2.75) is 52.6 Å². The van der Waals surface area contributed by atoms with E-state index < -0.39 is 11.9 Å². The van der Waals surface area contributed by atoms with Gasteiger partial charge in [0.1, 0.15) is 0 Å². The van der Waals surface area contributed by atoms with Crippen molar-refractivity contribution in [2.75, 3.05) is 11.9 Å². The maximum atomic E-state index is 12.2. The molecule has 2 rings (SSSR count). The van der Waals surface area contributed by atoms with Gasteiger partial charge in [-0.05, 0) is 61.6 Å². The second-order valence-corrected chi connectivity index (χ2v) is 7.73. The Balaban J connectivity index is 1.78. The molecule has 2 aromatic carbocycles. The third-order valence-electron chi connectivity index (χ3n) is 4.77. The van der Waals surface area contributed by atoms with Crippen LogP contribution in [-0.2, 0) is 16.1 Å². The van der Waals surface area contributed by atoms with Gasteiger partial charge in [-0.3, -0.25) is 4.79 Å². The summed E-state index contributed by atoms with van der Waals surface area (Å²) in [6.45, 7) is 8.01. The Labute approximate surface area is 183 Å². The molecular weight excluding hydrogens is 394 g/mol. The minimum atomic E-state index is -0.584. The summed E-state index contributed by atoms with van der Waals surface area (Å²) in [5.74, 6) is -0.522. The summed E-state index contributed by atoms with van der Waals surface area (Å²) in [6, 6.07) is 14.1. The second-order valence-electron chi connectivity index (χ2n) is 7.73. The van der Waals surface area contributed by atoms with E-state index in [2.05, 4.69) is 29.8 Å². The standard InChI is InChI=1S/C24H31N3O4/c1-5-17(4)19-10-12-21(13-11-19)27-22(28)15-31-23(29)20-8-6-18(7-9-20)14-25-24(30)26-16(2)3/h6-13,16-17H,5,14-15H2,1-4H3,(H,27,28)(H2,25,26,30)/t17-/m0/s1. The molecule has 0 aromatic heterocycles. The SMILES string of the molecule is CC[C@H](C)c1ccc(NC(=O)COC(=O)c2ccc(CNC(=O)NC(C)C)cc2)cc1. The average molecular weight is 426 g/mol. The van der Waals surface area contributed by atoms with Crippen LogP contribution in [0.25, 0.3) is 0 Å². The van der Waals surface area contributed by atoms with Gasteiger partial charge >= 0.3 is 12.0 Å². The lowest BCUT2D eigenvalue weighted by molar-refractivity contribution is -0.119. The molecule has 0 bridgehead atoms. The van der Waals surface area contributed by atoms with Crippen LogP contribution in [0.4, 0.5) is 10.5 Å². The first kappa shape index (κ1) is 23.9. The van der Waals surface area contributed by atoms with Crippen LogP contribution < -0.4 is 16.0 Å². The van der Waals surface area contributed by atoms with Crippen molar-refractivity contribution in [2.24, 2.45) is 0 Å². The van der Waals surface area contributed by atoms with Gasteiger partial charge < -0.3 is 20.7 Å². The molecule has 166 valence electrons. The van der Waals surface area contributed by atoms with Crippen molar-refractivity contribution in [3.8, 4) is 0 Å². The molecule has 2 aromatic rings. The van der Waals surface area contributed by atoms with E-state index in [0.29, 0.717) is 23.7 Å². The Morgan fingerprint density at radius 1 is 0.935 bits per heavy atom. The van der Waals surface area contributed by atoms with Crippen molar-refractivity contribution < 1.29 is 19.1 Å². The zero-order chi connectivity index (χ0) is 22.8. The molecule has 0 saturated heterocycles. The third kappa shape index (κ3) is 8.12. The third-order valence-corrected chi connectivity index (χ3v) is 4.77. The van der Waals surface area contributed by atoms with Crippen molar-refractivity contribution in [1.82, 2.24) is 10.6 Å². The summed E-state index contributed by atoms with van der Waals surface area (Å²) >= 11 is 0. The predicted octanol–water partition coefficient (Wildman–Crippen LogP) is 4.20. The number of amides is 3. The molecule has 0 spiro atoms. The fourth-order valence-electron chi connectivity index (χ4n) is 2.80. The van der Waals surface area contributed by atoms with Crippen LogP contribution in [0.2, 0.25) is 0 Å². The number of benzene rings is 2. The Kier molecular flexibility index (Phi) is 9.06. The zero-order valence-electron chi connectivity index (χ0n) is 18.5. The highest BCUT2D eigenvalue weighted by Gasteiger charge is 2.11. The number of rotatable bonds is 9. The zero-order valence-corrected chi connectivity index (χ0v) is 18.5. The van der Waals surface area contributed by atoms with E-state index in [1.54, 1.807) is 24.3 Å². The van der Waals surface area contributed by atoms with E-state index in [4.69, 9.17) is 4.74 Å². The Morgan fingerprint density at radius 3 is 2.16 bits per heavy atom. The van der Waals surface area contributed by atoms with Gasteiger partial charge in [-0.25, -0.2) is 9.59 Å². The predicted molar refractivity (Wildman–Crippen MR) is 121 cm³/mol. The molecule has 0 aliphatic rings. The molecule has 7 heteroatoms. The van der Waals surface area contributed by atoms with Crippen molar-refractivity contribution in [3.63, 3.8) is 0 Å². The maximum Gasteiger partial charge on any atom is 0.338 e. The largest absolute Gasteiger partial charge is 0.452 e. The number of ether oxygens (including phenoxy) is 1. The van der Waals surface area contributed by atoms with Crippen LogP contribution in [0, 0.1) is 0 Å². The summed E-state index contributed by atoms with van der Waals surface area (Å²) in [5.41, 5.74) is 3.05. The Bertz CT molecular complexity index is 877. The van der Waals surface area contributed by atoms with Gasteiger partial charge in [-0.15, -0.1) is 0 Å². The fourth-order valence-corrected chi connectivity index (χ4v) is 2.80. The first-order valence-corrected chi connectivity index (χ1v) is 10.5. The van der Waals surface area contributed by atoms with Crippen molar-refractivity contribution >= 4 is 23.6 Å². The highest BCUT2D eigenvalue weighted by atomic mass is 16.5. The highest BCUT2D eigenvalue weighted by Crippen LogP contribution is 2.20. The highest BCUT2D eigenvalue weighted by molar-refractivity contribution is 5.95. The number of hydrogen-bond donors (Lipinski definition) is 3. The van der Waals surface area contributed by atoms with Crippen LogP contribution in [0.3, 0.4) is 0 Å². The van der Waals surface area contributed by atoms with Gasteiger partial charge in [0.05, 0.1) is 5.56 Å². The van der Waals surface area contributed by atoms with Crippen LogP contribution in [-0.4, -0.2) is 30.6 Å². The van der Waals surface area contributed by atoms with Gasteiger partial charge in [-0.1, -0.05) is 38.1 Å². The fraction of sp³-hybridized carbons (Fsp3) is 0.375. The Morgan fingerprint density at radius 2 is 1.58 bits per heavy atom. The van der Waals surface area contributed by atoms with E-state index in [9.17, 15) is 14.4 Å². The van der Waals surface area contributed by atoms with E-state index in [-0.39, 0.29) is 18.7 Å². The topological polar surface area (TPSA) is 96.5 Å². The minimum Gasteiger partial charge on any atom is -0.452 e. The molecular formula is C24H31N3O4. The molecule has 31 heavy (non-hydrogen) atoms. The van der Waals surface area contributed by atoms with Gasteiger partial charge in [0.2, 0.25) is 0 Å². The monoisotopic (exact) mass is 425 g/mol. The first-order chi connectivity index (χ1) is 14.8. The lowest BCUT2D eigenvalue weighted by Gasteiger charge is -2.11. The molecule has 0 aliphatic carbocycles. The summed E-state index contributed by atoms with van der Waals surface area (Å²) in [4.78, 5) is 35.8. The number of anilines is 1. The molecule has 0 radical (unpaired) electrons. The van der Waals surface area contributed by atoms with Crippen molar-refractivity contribution in [3.05, 3.63) is 65.2 Å². The number of nitrogens with one attached hydrogen (secondary N) is 3. The van der Waals surface area contributed by atoms with Gasteiger partial charge in [0, 0.05) is 18.3 Å². The van der Waals surface area contributed by atoms with E-state index in [1.165, 1.54) is 5.56 Å². The van der Waals surface area contributed by atoms with Crippen molar-refractivity contribution in [1.29, 1.82) is 0 Å². The van der Waals surface area contributed by atoms with E-state index in [0.717, 1.165) is 12.0 Å². The average Bonchev–Trinajstić information content (AvgIpc) is 2.76. The number of urea groups is 1. The summed E-state index contributed by atoms with van der Waals surface area (Å²) < 4.78 is 5.09. The van der Waals surface area contributed by atoms with Crippen LogP contribution in [0.15, 0.2) is 48.5 Å². The first-order valence-electron chi connectivity index (χ1n) is 10.5. The Hall–Kier alpha value is -3.35. The smallest absolute Gasteiger partial charge is 0.338 e. The molecule has 7 nitrogen and oxygen atoms in total. The van der Waals surface area contributed by atoms with Gasteiger partial charge in [0.25, 0.3) is 5.91 Å². The summed E-state index contributed by atoms with van der Waals surface area (Å²) in [6.07, 6.45) is 1.05. The molecule has 1 atom stereocenters. The minimum absolute atomic E-state index is 0.0541. The normalized spacial score (nSPS) is 11.5. The number of esters is 1. The molecule has 3 N–H and O–H groups in total. The molecule has 0 fully saturated rings. The number of carbonyl (C=O) groups excluding carboxylic acids is 3. The summed E-state index contributed by atoms with van der Waals surface area (Å²) in [7, 11) is 0. The van der Waals surface area contributed by atoms with E-state index >= 15 is 0 Å². The van der Waals surface area contributed by atoms with E-state index in [1.807, 2.05) is 38.1 Å². The second kappa shape index (κ2) is 11.7. The number of hydrogen-bond acceptors (Lipinski definition) is 4. The molecule has 0 saturated carbocycles. The molecule has 0 unspecified atom stereocenters. The molecule has 3 amide bonds. The lowest BCUT2D eigenvalue weighted by atomic mass is 9.99. The maximum absolute atomic E-state index is 12.2. The number of carbonyl (C=O) groups is 3. The quantitative estimate of drug-likeness (QED) is 0.525. The lowest BCUT2D eigenvalue weighted by Crippen LogP contribution is -2.39. The molecule has 0 aliphatic heterocycles. The van der Waals surface area contributed by atoms with Crippen LogP contribution in [0.1, 0.15) is 61.5 Å². The molecule has 0 heterocycles.